The molecular formula is C14H20BrN3. The van der Waals surface area contributed by atoms with Crippen molar-refractivity contribution in [2.75, 3.05) is 31.9 Å². The molecule has 98 valence electrons. The Balaban J connectivity index is 1.66. The van der Waals surface area contributed by atoms with Crippen LogP contribution in [0.3, 0.4) is 0 Å². The van der Waals surface area contributed by atoms with Gasteiger partial charge in [-0.25, -0.2) is 0 Å². The van der Waals surface area contributed by atoms with Gasteiger partial charge < -0.3 is 5.73 Å². The molecule has 0 amide bonds. The van der Waals surface area contributed by atoms with Gasteiger partial charge in [-0.2, -0.15) is 0 Å². The van der Waals surface area contributed by atoms with Crippen molar-refractivity contribution in [2.45, 2.75) is 25.4 Å². The lowest BCUT2D eigenvalue weighted by atomic mass is 10.1. The van der Waals surface area contributed by atoms with Gasteiger partial charge in [0.25, 0.3) is 0 Å². The Hall–Kier alpha value is -0.580. The lowest BCUT2D eigenvalue weighted by molar-refractivity contribution is 0.0995. The summed E-state index contributed by atoms with van der Waals surface area (Å²) in [6, 6.07) is 7.01. The van der Waals surface area contributed by atoms with Crippen LogP contribution in [-0.4, -0.2) is 42.0 Å². The first kappa shape index (κ1) is 12.5. The Labute approximate surface area is 117 Å². The molecule has 4 heteroatoms. The standard InChI is InChI=1S/C14H20BrN3/c15-12-4-3-11(14(16)8-12)9-17-6-7-18-5-1-2-13(18)10-17/h3-4,8,13H,1-2,5-7,9-10,16H2. The van der Waals surface area contributed by atoms with Gasteiger partial charge in [0, 0.05) is 42.4 Å². The van der Waals surface area contributed by atoms with Gasteiger partial charge in [-0.15, -0.1) is 0 Å². The zero-order chi connectivity index (χ0) is 12.5. The molecule has 2 heterocycles. The zero-order valence-corrected chi connectivity index (χ0v) is 12.2. The van der Waals surface area contributed by atoms with E-state index in [9.17, 15) is 0 Å². The van der Waals surface area contributed by atoms with Gasteiger partial charge in [-0.05, 0) is 37.1 Å². The number of nitrogen functional groups attached to an aromatic ring is 1. The molecule has 0 aliphatic carbocycles. The van der Waals surface area contributed by atoms with E-state index in [1.54, 1.807) is 0 Å². The second-order valence-electron chi connectivity index (χ2n) is 5.41. The van der Waals surface area contributed by atoms with E-state index in [-0.39, 0.29) is 0 Å². The molecule has 1 aromatic carbocycles. The first-order valence-corrected chi connectivity index (χ1v) is 7.52. The topological polar surface area (TPSA) is 32.5 Å². The minimum Gasteiger partial charge on any atom is -0.398 e. The SMILES string of the molecule is Nc1cc(Br)ccc1CN1CCN2CCCC2C1. The van der Waals surface area contributed by atoms with Crippen LogP contribution in [0.4, 0.5) is 5.69 Å². The summed E-state index contributed by atoms with van der Waals surface area (Å²) in [6.07, 6.45) is 2.74. The largest absolute Gasteiger partial charge is 0.398 e. The minimum absolute atomic E-state index is 0.787. The molecule has 1 atom stereocenters. The molecule has 0 saturated carbocycles. The Morgan fingerprint density at radius 2 is 2.17 bits per heavy atom. The lowest BCUT2D eigenvalue weighted by Crippen LogP contribution is -2.49. The molecule has 0 bridgehead atoms. The van der Waals surface area contributed by atoms with Crippen LogP contribution in [0.2, 0.25) is 0 Å². The van der Waals surface area contributed by atoms with E-state index in [0.717, 1.165) is 22.7 Å². The molecule has 1 aromatic rings. The Kier molecular flexibility index (Phi) is 3.59. The van der Waals surface area contributed by atoms with Crippen LogP contribution in [-0.2, 0) is 6.54 Å². The average molecular weight is 310 g/mol. The van der Waals surface area contributed by atoms with Gasteiger partial charge in [-0.3, -0.25) is 9.80 Å². The molecule has 2 fully saturated rings. The fourth-order valence-corrected chi connectivity index (χ4v) is 3.53. The van der Waals surface area contributed by atoms with Gasteiger partial charge >= 0.3 is 0 Å². The summed E-state index contributed by atoms with van der Waals surface area (Å²) in [4.78, 5) is 5.19. The monoisotopic (exact) mass is 309 g/mol. The molecule has 0 aromatic heterocycles. The number of hydrogen-bond donors (Lipinski definition) is 1. The maximum Gasteiger partial charge on any atom is 0.0371 e. The number of piperazine rings is 1. The third-order valence-electron chi connectivity index (χ3n) is 4.17. The third-order valence-corrected chi connectivity index (χ3v) is 4.67. The van der Waals surface area contributed by atoms with Crippen molar-refractivity contribution < 1.29 is 0 Å². The zero-order valence-electron chi connectivity index (χ0n) is 10.6. The molecule has 0 spiro atoms. The highest BCUT2D eigenvalue weighted by atomic mass is 79.9. The van der Waals surface area contributed by atoms with E-state index in [1.165, 1.54) is 44.6 Å². The second-order valence-corrected chi connectivity index (χ2v) is 6.33. The van der Waals surface area contributed by atoms with Crippen molar-refractivity contribution in [3.63, 3.8) is 0 Å². The number of benzene rings is 1. The van der Waals surface area contributed by atoms with Crippen LogP contribution in [0.25, 0.3) is 0 Å². The summed E-state index contributed by atoms with van der Waals surface area (Å²) in [7, 11) is 0. The number of fused-ring (bicyclic) bond motifs is 1. The highest BCUT2D eigenvalue weighted by Crippen LogP contribution is 2.24. The number of halogens is 1. The molecular weight excluding hydrogens is 290 g/mol. The lowest BCUT2D eigenvalue weighted by Gasteiger charge is -2.37. The van der Waals surface area contributed by atoms with Crippen molar-refractivity contribution in [3.8, 4) is 0 Å². The highest BCUT2D eigenvalue weighted by Gasteiger charge is 2.30. The Bertz CT molecular complexity index is 435. The predicted molar refractivity (Wildman–Crippen MR) is 78.4 cm³/mol. The van der Waals surface area contributed by atoms with Crippen molar-refractivity contribution in [2.24, 2.45) is 0 Å². The smallest absolute Gasteiger partial charge is 0.0371 e. The molecule has 2 aliphatic heterocycles. The quantitative estimate of drug-likeness (QED) is 0.851. The normalized spacial score (nSPS) is 25.3. The van der Waals surface area contributed by atoms with E-state index in [4.69, 9.17) is 5.73 Å². The van der Waals surface area contributed by atoms with Gasteiger partial charge in [0.05, 0.1) is 0 Å². The Morgan fingerprint density at radius 3 is 3.00 bits per heavy atom. The van der Waals surface area contributed by atoms with Crippen LogP contribution in [0, 0.1) is 0 Å². The van der Waals surface area contributed by atoms with E-state index < -0.39 is 0 Å². The summed E-state index contributed by atoms with van der Waals surface area (Å²) >= 11 is 3.46. The van der Waals surface area contributed by atoms with Crippen molar-refractivity contribution in [3.05, 3.63) is 28.2 Å². The van der Waals surface area contributed by atoms with Crippen molar-refractivity contribution in [1.82, 2.24) is 9.80 Å². The molecule has 1 unspecified atom stereocenters. The number of anilines is 1. The van der Waals surface area contributed by atoms with E-state index >= 15 is 0 Å². The number of nitrogens with zero attached hydrogens (tertiary/aromatic N) is 2. The third kappa shape index (κ3) is 2.56. The van der Waals surface area contributed by atoms with Crippen molar-refractivity contribution in [1.29, 1.82) is 0 Å². The van der Waals surface area contributed by atoms with Gasteiger partial charge in [0.15, 0.2) is 0 Å². The maximum atomic E-state index is 6.08. The van der Waals surface area contributed by atoms with Crippen LogP contribution >= 0.6 is 15.9 Å². The summed E-state index contributed by atoms with van der Waals surface area (Å²) in [5.41, 5.74) is 8.23. The van der Waals surface area contributed by atoms with Crippen LogP contribution < -0.4 is 5.73 Å². The van der Waals surface area contributed by atoms with Crippen LogP contribution in [0.1, 0.15) is 18.4 Å². The summed E-state index contributed by atoms with van der Waals surface area (Å²) in [6.45, 7) is 5.89. The summed E-state index contributed by atoms with van der Waals surface area (Å²) in [5, 5.41) is 0. The minimum atomic E-state index is 0.787. The average Bonchev–Trinajstić information content (AvgIpc) is 2.80. The van der Waals surface area contributed by atoms with Crippen LogP contribution in [0.15, 0.2) is 22.7 Å². The predicted octanol–water partition coefficient (Wildman–Crippen LogP) is 2.31. The molecule has 2 saturated heterocycles. The van der Waals surface area contributed by atoms with Crippen LogP contribution in [0.5, 0.6) is 0 Å². The fraction of sp³-hybridized carbons (Fsp3) is 0.571. The summed E-state index contributed by atoms with van der Waals surface area (Å²) < 4.78 is 1.06. The molecule has 2 aliphatic rings. The van der Waals surface area contributed by atoms with Crippen molar-refractivity contribution >= 4 is 21.6 Å². The first-order valence-electron chi connectivity index (χ1n) is 6.73. The fourth-order valence-electron chi connectivity index (χ4n) is 3.15. The maximum absolute atomic E-state index is 6.08. The molecule has 0 radical (unpaired) electrons. The first-order chi connectivity index (χ1) is 8.72. The van der Waals surface area contributed by atoms with E-state index in [2.05, 4.69) is 37.9 Å². The molecule has 2 N–H and O–H groups in total. The molecule has 18 heavy (non-hydrogen) atoms. The van der Waals surface area contributed by atoms with Gasteiger partial charge in [0.1, 0.15) is 0 Å². The Morgan fingerprint density at radius 1 is 1.28 bits per heavy atom. The highest BCUT2D eigenvalue weighted by molar-refractivity contribution is 9.10. The number of rotatable bonds is 2. The molecule has 3 rings (SSSR count). The van der Waals surface area contributed by atoms with E-state index in [0.29, 0.717) is 0 Å². The summed E-state index contributed by atoms with van der Waals surface area (Å²) in [5.74, 6) is 0. The van der Waals surface area contributed by atoms with E-state index in [1.807, 2.05) is 6.07 Å². The second kappa shape index (κ2) is 5.19. The number of nitrogens with two attached hydrogens (primary N) is 1. The van der Waals surface area contributed by atoms with Gasteiger partial charge in [0.2, 0.25) is 0 Å². The van der Waals surface area contributed by atoms with Gasteiger partial charge in [-0.1, -0.05) is 22.0 Å². The molecule has 3 nitrogen and oxygen atoms in total. The number of hydrogen-bond acceptors (Lipinski definition) is 3.